The molecule has 0 aromatic rings. The summed E-state index contributed by atoms with van der Waals surface area (Å²) in [6.45, 7) is 6.27. The highest BCUT2D eigenvalue weighted by Gasteiger charge is 2.25. The molecule has 15 heavy (non-hydrogen) atoms. The molecule has 0 bridgehead atoms. The number of ether oxygens (including phenoxy) is 1. The van der Waals surface area contributed by atoms with Crippen LogP contribution < -0.4 is 0 Å². The highest BCUT2D eigenvalue weighted by atomic mass is 16.5. The first kappa shape index (κ1) is 12.0. The van der Waals surface area contributed by atoms with Crippen LogP contribution in [-0.4, -0.2) is 12.1 Å². The van der Waals surface area contributed by atoms with Gasteiger partial charge in [-0.05, 0) is 18.4 Å². The van der Waals surface area contributed by atoms with E-state index < -0.39 is 0 Å². The van der Waals surface area contributed by atoms with Gasteiger partial charge in [0.25, 0.3) is 0 Å². The van der Waals surface area contributed by atoms with Crippen LogP contribution in [0.1, 0.15) is 40.0 Å². The predicted octanol–water partition coefficient (Wildman–Crippen LogP) is 3.24. The molecule has 0 radical (unpaired) electrons. The Morgan fingerprint density at radius 3 is 2.80 bits per heavy atom. The fourth-order valence-corrected chi connectivity index (χ4v) is 1.46. The minimum Gasteiger partial charge on any atom is -0.454 e. The average molecular weight is 208 g/mol. The normalized spacial score (nSPS) is 21.2. The number of allylic oxidation sites excluding steroid dienone is 1. The third-order valence-corrected chi connectivity index (χ3v) is 2.50. The molecule has 0 aromatic carbocycles. The van der Waals surface area contributed by atoms with E-state index in [4.69, 9.17) is 4.74 Å². The molecule has 1 heterocycles. The van der Waals surface area contributed by atoms with Gasteiger partial charge >= 0.3 is 5.97 Å². The van der Waals surface area contributed by atoms with E-state index in [0.29, 0.717) is 11.5 Å². The van der Waals surface area contributed by atoms with Gasteiger partial charge in [-0.25, -0.2) is 4.79 Å². The largest absolute Gasteiger partial charge is 0.454 e. The van der Waals surface area contributed by atoms with E-state index in [1.165, 1.54) is 12.8 Å². The molecule has 0 N–H and O–H groups in total. The Bertz CT molecular complexity index is 274. The Kier molecular flexibility index (Phi) is 4.60. The number of unbranched alkanes of at least 4 members (excludes halogenated alkanes) is 2. The number of hydrogen-bond acceptors (Lipinski definition) is 2. The van der Waals surface area contributed by atoms with Crippen molar-refractivity contribution in [3.05, 3.63) is 23.8 Å². The summed E-state index contributed by atoms with van der Waals surface area (Å²) in [5.74, 6) is 0.178. The summed E-state index contributed by atoms with van der Waals surface area (Å²) in [5.41, 5.74) is 0.713. The molecule has 0 aliphatic carbocycles. The van der Waals surface area contributed by atoms with Crippen molar-refractivity contribution in [1.82, 2.24) is 0 Å². The maximum Gasteiger partial charge on any atom is 0.338 e. The van der Waals surface area contributed by atoms with Crippen molar-refractivity contribution >= 4 is 5.97 Å². The summed E-state index contributed by atoms with van der Waals surface area (Å²) < 4.78 is 5.21. The van der Waals surface area contributed by atoms with Crippen molar-refractivity contribution < 1.29 is 9.53 Å². The summed E-state index contributed by atoms with van der Waals surface area (Å²) in [5, 5.41) is 0. The maximum absolute atomic E-state index is 11.4. The van der Waals surface area contributed by atoms with Crippen molar-refractivity contribution in [2.24, 2.45) is 5.92 Å². The van der Waals surface area contributed by atoms with Crippen LogP contribution in [0.4, 0.5) is 0 Å². The third-order valence-electron chi connectivity index (χ3n) is 2.50. The lowest BCUT2D eigenvalue weighted by molar-refractivity contribution is -0.140. The monoisotopic (exact) mass is 208 g/mol. The number of esters is 1. The summed E-state index contributed by atoms with van der Waals surface area (Å²) >= 11 is 0. The van der Waals surface area contributed by atoms with Gasteiger partial charge in [0.05, 0.1) is 5.57 Å². The highest BCUT2D eigenvalue weighted by Crippen LogP contribution is 2.20. The molecule has 1 aliphatic rings. The second kappa shape index (κ2) is 5.74. The fourth-order valence-electron chi connectivity index (χ4n) is 1.46. The van der Waals surface area contributed by atoms with Crippen LogP contribution in [0.5, 0.6) is 0 Å². The van der Waals surface area contributed by atoms with E-state index in [1.54, 1.807) is 0 Å². The van der Waals surface area contributed by atoms with Crippen molar-refractivity contribution in [1.29, 1.82) is 0 Å². The van der Waals surface area contributed by atoms with Gasteiger partial charge in [-0.2, -0.15) is 0 Å². The Hall–Kier alpha value is -1.05. The molecule has 1 aliphatic heterocycles. The summed E-state index contributed by atoms with van der Waals surface area (Å²) in [4.78, 5) is 11.4. The van der Waals surface area contributed by atoms with Gasteiger partial charge in [0.15, 0.2) is 0 Å². The molecular weight excluding hydrogens is 188 g/mol. The fraction of sp³-hybridized carbons (Fsp3) is 0.615. The lowest BCUT2D eigenvalue weighted by atomic mass is 10.1. The van der Waals surface area contributed by atoms with Crippen LogP contribution in [0.3, 0.4) is 0 Å². The van der Waals surface area contributed by atoms with E-state index in [9.17, 15) is 4.79 Å². The van der Waals surface area contributed by atoms with E-state index in [2.05, 4.69) is 26.8 Å². The van der Waals surface area contributed by atoms with Crippen molar-refractivity contribution in [2.45, 2.75) is 46.1 Å². The molecule has 1 atom stereocenters. The van der Waals surface area contributed by atoms with E-state index in [-0.39, 0.29) is 12.1 Å². The maximum atomic E-state index is 11.4. The van der Waals surface area contributed by atoms with Gasteiger partial charge in [-0.3, -0.25) is 0 Å². The number of carbonyl (C=O) groups is 1. The third kappa shape index (κ3) is 3.54. The molecule has 0 spiro atoms. The minimum atomic E-state index is -0.179. The van der Waals surface area contributed by atoms with Crippen molar-refractivity contribution in [3.8, 4) is 0 Å². The SMILES string of the molecule is CCCC/C=C/C1=CC(C(C)C)OC1=O. The van der Waals surface area contributed by atoms with Crippen LogP contribution >= 0.6 is 0 Å². The molecule has 2 nitrogen and oxygen atoms in total. The van der Waals surface area contributed by atoms with E-state index in [1.807, 2.05) is 12.2 Å². The standard InChI is InChI=1S/C13H20O2/c1-4-5-6-7-8-11-9-12(10(2)3)15-13(11)14/h7-10,12H,4-6H2,1-3H3/b8-7+. The lowest BCUT2D eigenvalue weighted by Gasteiger charge is -2.10. The first-order valence-electron chi connectivity index (χ1n) is 5.74. The topological polar surface area (TPSA) is 26.3 Å². The molecule has 0 fully saturated rings. The Balaban J connectivity index is 2.50. The van der Waals surface area contributed by atoms with Gasteiger partial charge in [0, 0.05) is 0 Å². The molecular formula is C13H20O2. The van der Waals surface area contributed by atoms with Crippen LogP contribution in [0.15, 0.2) is 23.8 Å². The zero-order valence-electron chi connectivity index (χ0n) is 9.82. The lowest BCUT2D eigenvalue weighted by Crippen LogP contribution is -2.14. The summed E-state index contributed by atoms with van der Waals surface area (Å²) in [6.07, 6.45) is 9.22. The molecule has 2 heteroatoms. The van der Waals surface area contributed by atoms with Gasteiger partial charge in [-0.15, -0.1) is 0 Å². The predicted molar refractivity (Wildman–Crippen MR) is 61.5 cm³/mol. The molecule has 84 valence electrons. The quantitative estimate of drug-likeness (QED) is 0.512. The zero-order valence-corrected chi connectivity index (χ0v) is 9.82. The van der Waals surface area contributed by atoms with Crippen LogP contribution in [0, 0.1) is 5.92 Å². The first-order valence-corrected chi connectivity index (χ1v) is 5.74. The Morgan fingerprint density at radius 1 is 1.53 bits per heavy atom. The second-order valence-electron chi connectivity index (χ2n) is 4.28. The van der Waals surface area contributed by atoms with Gasteiger partial charge in [0.2, 0.25) is 0 Å². The molecule has 0 saturated heterocycles. The Labute approximate surface area is 92.0 Å². The van der Waals surface area contributed by atoms with Crippen LogP contribution in [0.2, 0.25) is 0 Å². The highest BCUT2D eigenvalue weighted by molar-refractivity contribution is 5.93. The molecule has 0 amide bonds. The number of carbonyl (C=O) groups excluding carboxylic acids is 1. The van der Waals surface area contributed by atoms with Gasteiger partial charge in [-0.1, -0.05) is 45.8 Å². The average Bonchev–Trinajstić information content (AvgIpc) is 2.55. The van der Waals surface area contributed by atoms with E-state index >= 15 is 0 Å². The minimum absolute atomic E-state index is 0.0386. The molecule has 1 unspecified atom stereocenters. The van der Waals surface area contributed by atoms with Crippen molar-refractivity contribution in [3.63, 3.8) is 0 Å². The molecule has 0 saturated carbocycles. The molecule has 1 rings (SSSR count). The zero-order chi connectivity index (χ0) is 11.3. The first-order chi connectivity index (χ1) is 7.15. The summed E-state index contributed by atoms with van der Waals surface area (Å²) in [6, 6.07) is 0. The second-order valence-corrected chi connectivity index (χ2v) is 4.28. The van der Waals surface area contributed by atoms with Gasteiger partial charge < -0.3 is 4.74 Å². The van der Waals surface area contributed by atoms with Crippen molar-refractivity contribution in [2.75, 3.05) is 0 Å². The number of rotatable bonds is 5. The summed E-state index contributed by atoms with van der Waals surface area (Å²) in [7, 11) is 0. The Morgan fingerprint density at radius 2 is 2.27 bits per heavy atom. The number of cyclic esters (lactones) is 1. The smallest absolute Gasteiger partial charge is 0.338 e. The number of hydrogen-bond donors (Lipinski definition) is 0. The van der Waals surface area contributed by atoms with E-state index in [0.717, 1.165) is 6.42 Å². The van der Waals surface area contributed by atoms with Crippen LogP contribution in [0.25, 0.3) is 0 Å². The molecule has 0 aromatic heterocycles. The van der Waals surface area contributed by atoms with Crippen LogP contribution in [-0.2, 0) is 9.53 Å². The van der Waals surface area contributed by atoms with Gasteiger partial charge in [0.1, 0.15) is 6.10 Å².